The average molecular weight is 574 g/mol. The number of ether oxygens (including phenoxy) is 4. The van der Waals surface area contributed by atoms with Crippen LogP contribution in [-0.4, -0.2) is 50.0 Å². The fourth-order valence-corrected chi connectivity index (χ4v) is 4.37. The Hall–Kier alpha value is -3.54. The van der Waals surface area contributed by atoms with E-state index >= 15 is 0 Å². The van der Waals surface area contributed by atoms with Crippen LogP contribution in [0.2, 0.25) is 0 Å². The maximum atomic E-state index is 10.7. The van der Waals surface area contributed by atoms with E-state index < -0.39 is 11.0 Å². The van der Waals surface area contributed by atoms with Crippen molar-refractivity contribution in [2.24, 2.45) is 0 Å². The minimum absolute atomic E-state index is 0.0283. The number of hydrogen-bond donors (Lipinski definition) is 3. The first-order valence-corrected chi connectivity index (χ1v) is 12.5. The molecular weight excluding hydrogens is 546 g/mol. The van der Waals surface area contributed by atoms with Gasteiger partial charge in [0.1, 0.15) is 25.9 Å². The van der Waals surface area contributed by atoms with Gasteiger partial charge in [-0.3, -0.25) is 10.1 Å². The van der Waals surface area contributed by atoms with E-state index in [1.807, 2.05) is 12.1 Å². The van der Waals surface area contributed by atoms with Crippen LogP contribution < -0.4 is 29.6 Å². The van der Waals surface area contributed by atoms with Gasteiger partial charge in [-0.05, 0) is 63.5 Å². The Bertz CT molecular complexity index is 1220. The van der Waals surface area contributed by atoms with Crippen molar-refractivity contribution in [1.29, 1.82) is 0 Å². The first kappa shape index (κ1) is 26.5. The first-order valence-electron chi connectivity index (χ1n) is 11.7. The third kappa shape index (κ3) is 7.03. The van der Waals surface area contributed by atoms with Gasteiger partial charge < -0.3 is 34.7 Å². The Morgan fingerprint density at radius 1 is 1.08 bits per heavy atom. The van der Waals surface area contributed by atoms with Crippen molar-refractivity contribution >= 4 is 27.3 Å². The van der Waals surface area contributed by atoms with E-state index in [9.17, 15) is 15.2 Å². The number of benzene rings is 3. The van der Waals surface area contributed by atoms with Crippen molar-refractivity contribution in [3.05, 3.63) is 80.3 Å². The smallest absolute Gasteiger partial charge is 0.269 e. The van der Waals surface area contributed by atoms with Crippen LogP contribution in [0.4, 0.5) is 11.4 Å². The molecule has 3 aromatic carbocycles. The molecule has 11 heteroatoms. The maximum Gasteiger partial charge on any atom is 0.269 e. The number of fused-ring (bicyclic) bond motifs is 1. The van der Waals surface area contributed by atoms with Crippen LogP contribution in [0.1, 0.15) is 17.2 Å². The number of nitrogens with zero attached hydrogens (tertiary/aromatic N) is 1. The number of hydrogen-bond acceptors (Lipinski definition) is 9. The molecule has 196 valence electrons. The number of rotatable bonds is 12. The lowest BCUT2D eigenvalue weighted by molar-refractivity contribution is -0.384. The topological polar surface area (TPSA) is 124 Å². The van der Waals surface area contributed by atoms with Crippen LogP contribution in [-0.2, 0) is 6.54 Å². The Kier molecular flexibility index (Phi) is 9.04. The Balaban J connectivity index is 1.27. The second-order valence-electron chi connectivity index (χ2n) is 8.25. The Morgan fingerprint density at radius 2 is 1.84 bits per heavy atom. The lowest BCUT2D eigenvalue weighted by Crippen LogP contribution is -2.21. The molecule has 0 fully saturated rings. The van der Waals surface area contributed by atoms with Crippen LogP contribution in [0.3, 0.4) is 0 Å². The predicted octanol–water partition coefficient (Wildman–Crippen LogP) is 4.45. The average Bonchev–Trinajstić information content (AvgIpc) is 2.91. The largest absolute Gasteiger partial charge is 0.493 e. The van der Waals surface area contributed by atoms with E-state index in [2.05, 4.69) is 26.6 Å². The molecule has 0 amide bonds. The number of nitrogens with one attached hydrogen (secondary N) is 2. The Morgan fingerprint density at radius 3 is 2.57 bits per heavy atom. The van der Waals surface area contributed by atoms with Gasteiger partial charge in [0.05, 0.1) is 16.5 Å². The monoisotopic (exact) mass is 573 g/mol. The molecular formula is C26H28BrN3O7. The molecule has 0 spiro atoms. The second-order valence-corrected chi connectivity index (χ2v) is 9.10. The molecule has 0 saturated heterocycles. The van der Waals surface area contributed by atoms with Crippen LogP contribution >= 0.6 is 15.9 Å². The normalized spacial score (nSPS) is 13.1. The highest BCUT2D eigenvalue weighted by atomic mass is 79.9. The summed E-state index contributed by atoms with van der Waals surface area (Å²) in [7, 11) is 1.57. The summed E-state index contributed by atoms with van der Waals surface area (Å²) in [6, 6.07) is 15.5. The summed E-state index contributed by atoms with van der Waals surface area (Å²) in [5.41, 5.74) is 2.53. The van der Waals surface area contributed by atoms with Gasteiger partial charge in [0.2, 0.25) is 0 Å². The summed E-state index contributed by atoms with van der Waals surface area (Å²) in [6.07, 6.45) is -0.864. The summed E-state index contributed by atoms with van der Waals surface area (Å²) < 4.78 is 23.3. The molecule has 1 heterocycles. The Labute approximate surface area is 222 Å². The zero-order valence-electron chi connectivity index (χ0n) is 20.2. The fourth-order valence-electron chi connectivity index (χ4n) is 3.77. The third-order valence-electron chi connectivity index (χ3n) is 5.66. The van der Waals surface area contributed by atoms with Crippen molar-refractivity contribution < 1.29 is 29.0 Å². The minimum atomic E-state index is -0.864. The number of halogens is 1. The van der Waals surface area contributed by atoms with E-state index in [1.165, 1.54) is 12.1 Å². The molecule has 0 aromatic heterocycles. The number of anilines is 1. The van der Waals surface area contributed by atoms with Crippen LogP contribution in [0.25, 0.3) is 0 Å². The first-order chi connectivity index (χ1) is 17.9. The van der Waals surface area contributed by atoms with Crippen molar-refractivity contribution in [2.45, 2.75) is 12.6 Å². The third-order valence-corrected chi connectivity index (χ3v) is 6.25. The predicted molar refractivity (Wildman–Crippen MR) is 142 cm³/mol. The highest BCUT2D eigenvalue weighted by molar-refractivity contribution is 9.10. The number of aliphatic hydroxyl groups excluding tert-OH is 1. The summed E-state index contributed by atoms with van der Waals surface area (Å²) >= 11 is 3.55. The summed E-state index contributed by atoms with van der Waals surface area (Å²) in [5, 5.41) is 28.0. The number of aliphatic hydroxyl groups is 1. The van der Waals surface area contributed by atoms with Gasteiger partial charge in [-0.25, -0.2) is 0 Å². The zero-order chi connectivity index (χ0) is 26.2. The van der Waals surface area contributed by atoms with E-state index in [0.29, 0.717) is 65.9 Å². The van der Waals surface area contributed by atoms with Gasteiger partial charge in [0, 0.05) is 37.5 Å². The molecule has 37 heavy (non-hydrogen) atoms. The molecule has 0 saturated carbocycles. The van der Waals surface area contributed by atoms with Gasteiger partial charge in [0.15, 0.2) is 23.0 Å². The molecule has 1 aliphatic heterocycles. The second kappa shape index (κ2) is 12.6. The molecule has 10 nitrogen and oxygen atoms in total. The molecule has 0 aliphatic carbocycles. The number of nitro benzene ring substituents is 1. The van der Waals surface area contributed by atoms with E-state index in [4.69, 9.17) is 18.9 Å². The highest BCUT2D eigenvalue weighted by Crippen LogP contribution is 2.38. The minimum Gasteiger partial charge on any atom is -0.493 e. The zero-order valence-corrected chi connectivity index (χ0v) is 21.8. The van der Waals surface area contributed by atoms with E-state index in [0.717, 1.165) is 11.3 Å². The van der Waals surface area contributed by atoms with Gasteiger partial charge in [-0.15, -0.1) is 0 Å². The van der Waals surface area contributed by atoms with Gasteiger partial charge in [-0.1, -0.05) is 6.07 Å². The molecule has 1 atom stereocenters. The summed E-state index contributed by atoms with van der Waals surface area (Å²) in [6.45, 7) is 2.94. The van der Waals surface area contributed by atoms with E-state index in [-0.39, 0.29) is 12.3 Å². The van der Waals surface area contributed by atoms with Crippen molar-refractivity contribution in [1.82, 2.24) is 5.32 Å². The lowest BCUT2D eigenvalue weighted by atomic mass is 10.1. The number of non-ortho nitro benzene ring substituents is 1. The molecule has 3 N–H and O–H groups in total. The molecule has 1 aliphatic rings. The van der Waals surface area contributed by atoms with E-state index in [1.54, 1.807) is 37.4 Å². The SMILES string of the molecule is COc1cc(CNCCNc2ccc([N+](=O)[O-])cc2)cc(Br)c1OCC(O)c1ccc2c(c1)OCCO2. The number of methoxy groups -OCH3 is 1. The quantitative estimate of drug-likeness (QED) is 0.164. The molecule has 4 rings (SSSR count). The highest BCUT2D eigenvalue weighted by Gasteiger charge is 2.18. The van der Waals surface area contributed by atoms with Crippen molar-refractivity contribution in [2.75, 3.05) is 45.3 Å². The molecule has 3 aromatic rings. The van der Waals surface area contributed by atoms with Gasteiger partial charge >= 0.3 is 0 Å². The summed E-state index contributed by atoms with van der Waals surface area (Å²) in [5.74, 6) is 2.33. The van der Waals surface area contributed by atoms with Crippen LogP contribution in [0, 0.1) is 10.1 Å². The van der Waals surface area contributed by atoms with Gasteiger partial charge in [0.25, 0.3) is 5.69 Å². The fraction of sp³-hybridized carbons (Fsp3) is 0.308. The standard InChI is InChI=1S/C26H28BrN3O7/c1-34-25-13-17(15-28-8-9-29-19-3-5-20(6-4-19)30(32)33)12-21(27)26(25)37-16-22(31)18-2-7-23-24(14-18)36-11-10-35-23/h2-7,12-14,22,28-29,31H,8-11,15-16H2,1H3. The van der Waals surface area contributed by atoms with Crippen LogP contribution in [0.5, 0.6) is 23.0 Å². The summed E-state index contributed by atoms with van der Waals surface area (Å²) in [4.78, 5) is 10.3. The van der Waals surface area contributed by atoms with Crippen molar-refractivity contribution in [3.8, 4) is 23.0 Å². The maximum absolute atomic E-state index is 10.7. The number of nitro groups is 1. The van der Waals surface area contributed by atoms with Crippen LogP contribution in [0.15, 0.2) is 59.1 Å². The van der Waals surface area contributed by atoms with Crippen molar-refractivity contribution in [3.63, 3.8) is 0 Å². The molecule has 0 bridgehead atoms. The molecule has 1 unspecified atom stereocenters. The lowest BCUT2D eigenvalue weighted by Gasteiger charge is -2.21. The van der Waals surface area contributed by atoms with Gasteiger partial charge in [-0.2, -0.15) is 0 Å². The molecule has 0 radical (unpaired) electrons.